The molecule has 0 saturated heterocycles. The maximum absolute atomic E-state index is 5.58. The zero-order chi connectivity index (χ0) is 13.0. The fourth-order valence-corrected chi connectivity index (χ4v) is 2.88. The fourth-order valence-electron chi connectivity index (χ4n) is 1.86. The van der Waals surface area contributed by atoms with Crippen LogP contribution in [0.2, 0.25) is 0 Å². The molecule has 2 rings (SSSR count). The molecule has 96 valence electrons. The molecule has 3 heteroatoms. The molecule has 0 radical (unpaired) electrons. The van der Waals surface area contributed by atoms with Crippen molar-refractivity contribution in [3.8, 4) is 0 Å². The van der Waals surface area contributed by atoms with Crippen LogP contribution in [0, 0.1) is 13.8 Å². The van der Waals surface area contributed by atoms with E-state index in [2.05, 4.69) is 49.5 Å². The molecule has 0 aliphatic rings. The summed E-state index contributed by atoms with van der Waals surface area (Å²) in [5.41, 5.74) is 9.46. The van der Waals surface area contributed by atoms with Gasteiger partial charge in [0, 0.05) is 29.4 Å². The second-order valence-corrected chi connectivity index (χ2v) is 5.92. The Kier molecular flexibility index (Phi) is 4.53. The van der Waals surface area contributed by atoms with Gasteiger partial charge in [-0.3, -0.25) is 0 Å². The van der Waals surface area contributed by atoms with E-state index in [1.165, 1.54) is 26.4 Å². The first-order valence-electron chi connectivity index (χ1n) is 6.23. The molecule has 0 aliphatic heterocycles. The van der Waals surface area contributed by atoms with Crippen molar-refractivity contribution in [2.24, 2.45) is 5.73 Å². The standard InChI is InChI=1S/C15H20N2S/c1-11-7-15(18-12(11)2)10-17-9-14-5-3-13(8-16)4-6-14/h3-7,17H,8-10,16H2,1-2H3. The van der Waals surface area contributed by atoms with Gasteiger partial charge in [0.1, 0.15) is 0 Å². The van der Waals surface area contributed by atoms with Crippen molar-refractivity contribution < 1.29 is 0 Å². The minimum atomic E-state index is 0.613. The monoisotopic (exact) mass is 260 g/mol. The maximum atomic E-state index is 5.58. The highest BCUT2D eigenvalue weighted by Crippen LogP contribution is 2.20. The van der Waals surface area contributed by atoms with Crippen LogP contribution in [0.25, 0.3) is 0 Å². The van der Waals surface area contributed by atoms with Crippen molar-refractivity contribution >= 4 is 11.3 Å². The van der Waals surface area contributed by atoms with E-state index in [-0.39, 0.29) is 0 Å². The Labute approximate surface area is 113 Å². The summed E-state index contributed by atoms with van der Waals surface area (Å²) in [4.78, 5) is 2.82. The van der Waals surface area contributed by atoms with Crippen LogP contribution in [0.1, 0.15) is 26.4 Å². The lowest BCUT2D eigenvalue weighted by molar-refractivity contribution is 0.700. The predicted octanol–water partition coefficient (Wildman–Crippen LogP) is 3.11. The van der Waals surface area contributed by atoms with Gasteiger partial charge in [-0.25, -0.2) is 0 Å². The van der Waals surface area contributed by atoms with Crippen molar-refractivity contribution in [2.45, 2.75) is 33.5 Å². The van der Waals surface area contributed by atoms with E-state index in [0.29, 0.717) is 6.54 Å². The molecule has 0 saturated carbocycles. The molecule has 0 spiro atoms. The van der Waals surface area contributed by atoms with E-state index in [1.54, 1.807) is 0 Å². The lowest BCUT2D eigenvalue weighted by Crippen LogP contribution is -2.11. The minimum absolute atomic E-state index is 0.613. The number of aryl methyl sites for hydroxylation is 2. The molecule has 1 aromatic heterocycles. The first kappa shape index (κ1) is 13.3. The Bertz CT molecular complexity index is 480. The third-order valence-corrected chi connectivity index (χ3v) is 4.26. The van der Waals surface area contributed by atoms with Gasteiger partial charge in [-0.15, -0.1) is 11.3 Å². The Morgan fingerprint density at radius 1 is 1.06 bits per heavy atom. The van der Waals surface area contributed by atoms with Gasteiger partial charge >= 0.3 is 0 Å². The highest BCUT2D eigenvalue weighted by molar-refractivity contribution is 7.12. The Morgan fingerprint density at radius 3 is 2.28 bits per heavy atom. The molecule has 0 aliphatic carbocycles. The van der Waals surface area contributed by atoms with E-state index >= 15 is 0 Å². The zero-order valence-corrected chi connectivity index (χ0v) is 11.8. The van der Waals surface area contributed by atoms with Crippen molar-refractivity contribution in [3.05, 3.63) is 56.8 Å². The van der Waals surface area contributed by atoms with Crippen LogP contribution in [-0.2, 0) is 19.6 Å². The van der Waals surface area contributed by atoms with Crippen LogP contribution < -0.4 is 11.1 Å². The van der Waals surface area contributed by atoms with Gasteiger partial charge in [0.25, 0.3) is 0 Å². The molecular weight excluding hydrogens is 240 g/mol. The third-order valence-electron chi connectivity index (χ3n) is 3.10. The van der Waals surface area contributed by atoms with Gasteiger partial charge in [-0.2, -0.15) is 0 Å². The van der Waals surface area contributed by atoms with Crippen molar-refractivity contribution in [2.75, 3.05) is 0 Å². The van der Waals surface area contributed by atoms with Gasteiger partial charge in [-0.05, 0) is 36.6 Å². The van der Waals surface area contributed by atoms with Crippen molar-refractivity contribution in [1.29, 1.82) is 0 Å². The van der Waals surface area contributed by atoms with E-state index in [0.717, 1.165) is 13.1 Å². The van der Waals surface area contributed by atoms with Crippen LogP contribution in [0.15, 0.2) is 30.3 Å². The van der Waals surface area contributed by atoms with Crippen LogP contribution in [0.4, 0.5) is 0 Å². The number of nitrogens with one attached hydrogen (secondary N) is 1. The first-order chi connectivity index (χ1) is 8.69. The van der Waals surface area contributed by atoms with Crippen LogP contribution >= 0.6 is 11.3 Å². The van der Waals surface area contributed by atoms with E-state index in [1.807, 2.05) is 11.3 Å². The molecule has 0 fully saturated rings. The first-order valence-corrected chi connectivity index (χ1v) is 7.05. The molecular formula is C15H20N2S. The quantitative estimate of drug-likeness (QED) is 0.867. The summed E-state index contributed by atoms with van der Waals surface area (Å²) < 4.78 is 0. The van der Waals surface area contributed by atoms with Gasteiger partial charge in [-0.1, -0.05) is 24.3 Å². The normalized spacial score (nSPS) is 10.8. The number of rotatable bonds is 5. The SMILES string of the molecule is Cc1cc(CNCc2ccc(CN)cc2)sc1C. The van der Waals surface area contributed by atoms with Crippen LogP contribution in [0.3, 0.4) is 0 Å². The fraction of sp³-hybridized carbons (Fsp3) is 0.333. The second-order valence-electron chi connectivity index (χ2n) is 4.58. The largest absolute Gasteiger partial charge is 0.326 e. The Morgan fingerprint density at radius 2 is 1.72 bits per heavy atom. The number of nitrogens with two attached hydrogens (primary N) is 1. The number of hydrogen-bond acceptors (Lipinski definition) is 3. The topological polar surface area (TPSA) is 38.0 Å². The highest BCUT2D eigenvalue weighted by atomic mass is 32.1. The van der Waals surface area contributed by atoms with E-state index < -0.39 is 0 Å². The van der Waals surface area contributed by atoms with Gasteiger partial charge in [0.05, 0.1) is 0 Å². The second kappa shape index (κ2) is 6.14. The molecule has 1 aromatic carbocycles. The van der Waals surface area contributed by atoms with E-state index in [9.17, 15) is 0 Å². The summed E-state index contributed by atoms with van der Waals surface area (Å²) in [6.07, 6.45) is 0. The molecule has 1 heterocycles. The van der Waals surface area contributed by atoms with Gasteiger partial charge in [0.2, 0.25) is 0 Å². The lowest BCUT2D eigenvalue weighted by Gasteiger charge is -2.04. The molecule has 0 bridgehead atoms. The van der Waals surface area contributed by atoms with Gasteiger partial charge < -0.3 is 11.1 Å². The Balaban J connectivity index is 1.84. The molecule has 0 unspecified atom stereocenters. The average molecular weight is 260 g/mol. The predicted molar refractivity (Wildman–Crippen MR) is 78.7 cm³/mol. The highest BCUT2D eigenvalue weighted by Gasteiger charge is 2.01. The zero-order valence-electron chi connectivity index (χ0n) is 11.0. The summed E-state index contributed by atoms with van der Waals surface area (Å²) in [6.45, 7) is 6.80. The van der Waals surface area contributed by atoms with Crippen molar-refractivity contribution in [1.82, 2.24) is 5.32 Å². The molecule has 18 heavy (non-hydrogen) atoms. The summed E-state index contributed by atoms with van der Waals surface area (Å²) in [5.74, 6) is 0. The number of hydrogen-bond donors (Lipinski definition) is 2. The Hall–Kier alpha value is -1.16. The molecule has 3 N–H and O–H groups in total. The summed E-state index contributed by atoms with van der Waals surface area (Å²) in [5, 5.41) is 3.48. The smallest absolute Gasteiger partial charge is 0.0303 e. The van der Waals surface area contributed by atoms with Crippen molar-refractivity contribution in [3.63, 3.8) is 0 Å². The van der Waals surface area contributed by atoms with Gasteiger partial charge in [0.15, 0.2) is 0 Å². The summed E-state index contributed by atoms with van der Waals surface area (Å²) >= 11 is 1.88. The molecule has 0 atom stereocenters. The van der Waals surface area contributed by atoms with E-state index in [4.69, 9.17) is 5.73 Å². The summed E-state index contributed by atoms with van der Waals surface area (Å²) in [6, 6.07) is 10.7. The molecule has 2 aromatic rings. The lowest BCUT2D eigenvalue weighted by atomic mass is 10.1. The third kappa shape index (κ3) is 3.42. The van der Waals surface area contributed by atoms with Crippen LogP contribution in [0.5, 0.6) is 0 Å². The number of thiophene rings is 1. The average Bonchev–Trinajstić information content (AvgIpc) is 2.69. The molecule has 0 amide bonds. The number of benzene rings is 1. The van der Waals surface area contributed by atoms with Crippen LogP contribution in [-0.4, -0.2) is 0 Å². The minimum Gasteiger partial charge on any atom is -0.326 e. The maximum Gasteiger partial charge on any atom is 0.0303 e. The summed E-state index contributed by atoms with van der Waals surface area (Å²) in [7, 11) is 0. The molecule has 2 nitrogen and oxygen atoms in total.